The van der Waals surface area contributed by atoms with Crippen LogP contribution in [0.2, 0.25) is 0 Å². The molecule has 0 aromatic carbocycles. The van der Waals surface area contributed by atoms with Gasteiger partial charge in [-0.2, -0.15) is 13.2 Å². The van der Waals surface area contributed by atoms with E-state index in [1.54, 1.807) is 6.07 Å². The summed E-state index contributed by atoms with van der Waals surface area (Å²) in [5.41, 5.74) is -0.196. The number of morpholine rings is 2. The van der Waals surface area contributed by atoms with Crippen molar-refractivity contribution in [3.8, 4) is 11.3 Å². The van der Waals surface area contributed by atoms with Crippen LogP contribution in [0.3, 0.4) is 0 Å². The molecular weight excluding hydrogens is 375 g/mol. The molecule has 28 heavy (non-hydrogen) atoms. The van der Waals surface area contributed by atoms with Gasteiger partial charge in [-0.25, -0.2) is 9.97 Å². The van der Waals surface area contributed by atoms with Crippen molar-refractivity contribution in [3.05, 3.63) is 41.6 Å². The summed E-state index contributed by atoms with van der Waals surface area (Å²) in [7, 11) is 0. The van der Waals surface area contributed by atoms with Crippen LogP contribution >= 0.6 is 0 Å². The highest BCUT2D eigenvalue weighted by Crippen LogP contribution is 2.37. The molecule has 0 amide bonds. The van der Waals surface area contributed by atoms with Gasteiger partial charge in [0.05, 0.1) is 30.2 Å². The molecule has 2 N–H and O–H groups in total. The molecule has 2 unspecified atom stereocenters. The van der Waals surface area contributed by atoms with E-state index in [0.717, 1.165) is 18.8 Å². The molecule has 4 heterocycles. The van der Waals surface area contributed by atoms with Crippen LogP contribution in [-0.2, 0) is 15.7 Å². The van der Waals surface area contributed by atoms with Gasteiger partial charge in [0.25, 0.3) is 0 Å². The molecule has 2 aliphatic rings. The zero-order valence-corrected chi connectivity index (χ0v) is 15.0. The van der Waals surface area contributed by atoms with E-state index >= 15 is 0 Å². The molecule has 2 aliphatic heterocycles. The standard InChI is InChI=1S/C18H20F3N5O2/c19-18(20,21)12-1-2-22-8-11(12)13-7-14(15-9-23-3-5-27-15)26-17(25-13)16-10-24-4-6-28-16/h1-2,7-8,15-16,23-24H,3-6,9-10H2. The second-order valence-corrected chi connectivity index (χ2v) is 6.58. The average Bonchev–Trinajstić information content (AvgIpc) is 2.74. The summed E-state index contributed by atoms with van der Waals surface area (Å²) < 4.78 is 52.0. The summed E-state index contributed by atoms with van der Waals surface area (Å²) in [6.45, 7) is 3.43. The Kier molecular flexibility index (Phi) is 5.54. The molecule has 7 nitrogen and oxygen atoms in total. The van der Waals surface area contributed by atoms with Crippen LogP contribution in [0.1, 0.15) is 29.3 Å². The van der Waals surface area contributed by atoms with E-state index in [0.29, 0.717) is 44.4 Å². The number of hydrogen-bond donors (Lipinski definition) is 2. The fourth-order valence-corrected chi connectivity index (χ4v) is 3.26. The minimum Gasteiger partial charge on any atom is -0.369 e. The number of pyridine rings is 1. The van der Waals surface area contributed by atoms with Crippen LogP contribution in [0.25, 0.3) is 11.3 Å². The van der Waals surface area contributed by atoms with Crippen molar-refractivity contribution in [1.29, 1.82) is 0 Å². The van der Waals surface area contributed by atoms with Crippen molar-refractivity contribution in [1.82, 2.24) is 25.6 Å². The molecule has 4 rings (SSSR count). The zero-order chi connectivity index (χ0) is 19.6. The maximum atomic E-state index is 13.5. The maximum absolute atomic E-state index is 13.5. The first-order valence-electron chi connectivity index (χ1n) is 9.07. The van der Waals surface area contributed by atoms with Gasteiger partial charge in [0.1, 0.15) is 12.2 Å². The number of aromatic nitrogens is 3. The molecule has 10 heteroatoms. The molecule has 0 radical (unpaired) electrons. The predicted octanol–water partition coefficient (Wildman–Crippen LogP) is 1.88. The van der Waals surface area contributed by atoms with Gasteiger partial charge in [0, 0.05) is 44.1 Å². The molecule has 0 aliphatic carbocycles. The Morgan fingerprint density at radius 1 is 1.00 bits per heavy atom. The van der Waals surface area contributed by atoms with Gasteiger partial charge in [-0.3, -0.25) is 4.98 Å². The van der Waals surface area contributed by atoms with E-state index in [9.17, 15) is 13.2 Å². The Morgan fingerprint density at radius 2 is 1.71 bits per heavy atom. The van der Waals surface area contributed by atoms with Gasteiger partial charge in [-0.15, -0.1) is 0 Å². The van der Waals surface area contributed by atoms with Gasteiger partial charge in [-0.05, 0) is 12.1 Å². The Balaban J connectivity index is 1.80. The number of ether oxygens (including phenoxy) is 2. The third-order valence-corrected chi connectivity index (χ3v) is 4.64. The van der Waals surface area contributed by atoms with Crippen LogP contribution in [-0.4, -0.2) is 54.3 Å². The normalized spacial score (nSPS) is 23.5. The second-order valence-electron chi connectivity index (χ2n) is 6.58. The Bertz CT molecular complexity index is 785. The first-order chi connectivity index (χ1) is 13.5. The number of alkyl halides is 3. The van der Waals surface area contributed by atoms with Crippen LogP contribution in [0.4, 0.5) is 13.2 Å². The number of nitrogens with zero attached hydrogens (tertiary/aromatic N) is 3. The third-order valence-electron chi connectivity index (χ3n) is 4.64. The van der Waals surface area contributed by atoms with E-state index in [1.165, 1.54) is 6.20 Å². The van der Waals surface area contributed by atoms with Crippen LogP contribution in [0.5, 0.6) is 0 Å². The fraction of sp³-hybridized carbons (Fsp3) is 0.500. The monoisotopic (exact) mass is 395 g/mol. The molecule has 2 aromatic rings. The predicted molar refractivity (Wildman–Crippen MR) is 93.4 cm³/mol. The molecule has 0 bridgehead atoms. The molecule has 0 spiro atoms. The summed E-state index contributed by atoms with van der Waals surface area (Å²) in [5.74, 6) is 0.339. The Morgan fingerprint density at radius 3 is 2.36 bits per heavy atom. The van der Waals surface area contributed by atoms with Crippen LogP contribution in [0.15, 0.2) is 24.5 Å². The Labute approximate surface area is 159 Å². The number of halogens is 3. The Hall–Kier alpha value is -2.14. The highest BCUT2D eigenvalue weighted by Gasteiger charge is 2.35. The fourth-order valence-electron chi connectivity index (χ4n) is 3.26. The van der Waals surface area contributed by atoms with E-state index < -0.39 is 17.8 Å². The molecule has 2 aromatic heterocycles. The van der Waals surface area contributed by atoms with Crippen molar-refractivity contribution < 1.29 is 22.6 Å². The molecule has 2 atom stereocenters. The number of hydrogen-bond acceptors (Lipinski definition) is 7. The average molecular weight is 395 g/mol. The lowest BCUT2D eigenvalue weighted by molar-refractivity contribution is -0.137. The highest BCUT2D eigenvalue weighted by molar-refractivity contribution is 5.63. The first kappa shape index (κ1) is 19.2. The van der Waals surface area contributed by atoms with Crippen molar-refractivity contribution in [3.63, 3.8) is 0 Å². The highest BCUT2D eigenvalue weighted by atomic mass is 19.4. The van der Waals surface area contributed by atoms with Crippen molar-refractivity contribution in [2.75, 3.05) is 39.4 Å². The van der Waals surface area contributed by atoms with Gasteiger partial charge >= 0.3 is 6.18 Å². The molecule has 0 saturated carbocycles. The SMILES string of the molecule is FC(F)(F)c1ccncc1-c1cc(C2CNCCO2)nc(C2CNCCO2)n1. The van der Waals surface area contributed by atoms with Gasteiger partial charge < -0.3 is 20.1 Å². The summed E-state index contributed by atoms with van der Waals surface area (Å²) in [6.07, 6.45) is -3.02. The van der Waals surface area contributed by atoms with E-state index in [4.69, 9.17) is 9.47 Å². The summed E-state index contributed by atoms with van der Waals surface area (Å²) in [6, 6.07) is 2.50. The van der Waals surface area contributed by atoms with E-state index in [2.05, 4.69) is 25.6 Å². The van der Waals surface area contributed by atoms with Crippen molar-refractivity contribution in [2.45, 2.75) is 18.4 Å². The molecular formula is C18H20F3N5O2. The number of rotatable bonds is 3. The minimum atomic E-state index is -4.52. The molecule has 150 valence electrons. The lowest BCUT2D eigenvalue weighted by Gasteiger charge is -2.26. The smallest absolute Gasteiger partial charge is 0.369 e. The van der Waals surface area contributed by atoms with E-state index in [-0.39, 0.29) is 17.4 Å². The first-order valence-corrected chi connectivity index (χ1v) is 9.07. The summed E-state index contributed by atoms with van der Waals surface area (Å²) >= 11 is 0. The topological polar surface area (TPSA) is 81.2 Å². The van der Waals surface area contributed by atoms with Gasteiger partial charge in [0.15, 0.2) is 5.82 Å². The molecule has 2 fully saturated rings. The molecule has 2 saturated heterocycles. The van der Waals surface area contributed by atoms with Crippen LogP contribution in [0, 0.1) is 0 Å². The largest absolute Gasteiger partial charge is 0.417 e. The maximum Gasteiger partial charge on any atom is 0.417 e. The quantitative estimate of drug-likeness (QED) is 0.821. The lowest BCUT2D eigenvalue weighted by Crippen LogP contribution is -2.36. The van der Waals surface area contributed by atoms with Gasteiger partial charge in [0.2, 0.25) is 0 Å². The van der Waals surface area contributed by atoms with Gasteiger partial charge in [-0.1, -0.05) is 0 Å². The minimum absolute atomic E-state index is 0.0903. The lowest BCUT2D eigenvalue weighted by atomic mass is 10.0. The zero-order valence-electron chi connectivity index (χ0n) is 15.0. The van der Waals surface area contributed by atoms with Crippen LogP contribution < -0.4 is 10.6 Å². The number of nitrogens with one attached hydrogen (secondary N) is 2. The second kappa shape index (κ2) is 8.08. The summed E-state index contributed by atoms with van der Waals surface area (Å²) in [5, 5.41) is 6.39. The van der Waals surface area contributed by atoms with E-state index in [1.807, 2.05) is 0 Å². The summed E-state index contributed by atoms with van der Waals surface area (Å²) in [4.78, 5) is 12.8. The van der Waals surface area contributed by atoms with Crippen molar-refractivity contribution >= 4 is 0 Å². The van der Waals surface area contributed by atoms with Crippen molar-refractivity contribution in [2.24, 2.45) is 0 Å². The third kappa shape index (κ3) is 4.14.